The molecule has 1 saturated heterocycles. The van der Waals surface area contributed by atoms with E-state index in [0.717, 1.165) is 24.1 Å². The van der Waals surface area contributed by atoms with Gasteiger partial charge in [0.1, 0.15) is 0 Å². The van der Waals surface area contributed by atoms with E-state index < -0.39 is 0 Å². The van der Waals surface area contributed by atoms with Crippen LogP contribution in [0.4, 0.5) is 0 Å². The lowest BCUT2D eigenvalue weighted by Crippen LogP contribution is -2.28. The highest BCUT2D eigenvalue weighted by Crippen LogP contribution is 2.27. The fraction of sp³-hybridized carbons (Fsp3) is 0.417. The van der Waals surface area contributed by atoms with Crippen LogP contribution in [0.1, 0.15) is 24.3 Å². The molecular weight excluding hydrogens is 186 g/mol. The standard InChI is InChI=1S/C12H15N3/c1-4-10(9-3-2-6-13-7-9)12-11(5-1)14-8-15-12/h1,4-5,8-9,13H,2-3,6-7H2,(H,14,15). The minimum absolute atomic E-state index is 0.630. The number of fused-ring (bicyclic) bond motifs is 1. The lowest BCUT2D eigenvalue weighted by molar-refractivity contribution is 0.463. The van der Waals surface area contributed by atoms with Crippen LogP contribution in [0.2, 0.25) is 0 Å². The average molecular weight is 201 g/mol. The van der Waals surface area contributed by atoms with Crippen LogP contribution < -0.4 is 5.32 Å². The molecule has 2 heterocycles. The molecule has 0 spiro atoms. The molecule has 0 amide bonds. The molecule has 1 aromatic heterocycles. The summed E-state index contributed by atoms with van der Waals surface area (Å²) in [4.78, 5) is 7.58. The molecule has 2 aromatic rings. The zero-order chi connectivity index (χ0) is 10.1. The van der Waals surface area contributed by atoms with E-state index in [2.05, 4.69) is 33.5 Å². The number of benzene rings is 1. The van der Waals surface area contributed by atoms with E-state index in [0.29, 0.717) is 5.92 Å². The van der Waals surface area contributed by atoms with Gasteiger partial charge in [0.25, 0.3) is 0 Å². The van der Waals surface area contributed by atoms with Crippen molar-refractivity contribution in [1.29, 1.82) is 0 Å². The third-order valence-corrected chi connectivity index (χ3v) is 3.22. The van der Waals surface area contributed by atoms with Crippen LogP contribution in [0.15, 0.2) is 24.5 Å². The quantitative estimate of drug-likeness (QED) is 0.741. The van der Waals surface area contributed by atoms with E-state index in [4.69, 9.17) is 0 Å². The van der Waals surface area contributed by atoms with Crippen molar-refractivity contribution in [2.75, 3.05) is 13.1 Å². The summed E-state index contributed by atoms with van der Waals surface area (Å²) >= 11 is 0. The van der Waals surface area contributed by atoms with Crippen LogP contribution in [-0.2, 0) is 0 Å². The molecule has 1 atom stereocenters. The number of nitrogens with zero attached hydrogens (tertiary/aromatic N) is 1. The van der Waals surface area contributed by atoms with Crippen LogP contribution in [-0.4, -0.2) is 23.1 Å². The highest BCUT2D eigenvalue weighted by Gasteiger charge is 2.17. The van der Waals surface area contributed by atoms with Crippen molar-refractivity contribution in [3.8, 4) is 0 Å². The number of aromatic amines is 1. The van der Waals surface area contributed by atoms with Crippen molar-refractivity contribution >= 4 is 11.0 Å². The SMILES string of the molecule is c1cc(C2CCCNC2)c2nc[nH]c2c1. The number of piperidine rings is 1. The number of hydrogen-bond acceptors (Lipinski definition) is 2. The van der Waals surface area contributed by atoms with Gasteiger partial charge < -0.3 is 10.3 Å². The predicted molar refractivity (Wildman–Crippen MR) is 60.9 cm³/mol. The van der Waals surface area contributed by atoms with Gasteiger partial charge >= 0.3 is 0 Å². The number of aromatic nitrogens is 2. The summed E-state index contributed by atoms with van der Waals surface area (Å²) in [7, 11) is 0. The van der Waals surface area contributed by atoms with Gasteiger partial charge in [-0.05, 0) is 36.9 Å². The van der Waals surface area contributed by atoms with Gasteiger partial charge in [-0.2, -0.15) is 0 Å². The molecular formula is C12H15N3. The van der Waals surface area contributed by atoms with Crippen molar-refractivity contribution < 1.29 is 0 Å². The van der Waals surface area contributed by atoms with Crippen LogP contribution in [0.25, 0.3) is 11.0 Å². The largest absolute Gasteiger partial charge is 0.345 e. The summed E-state index contributed by atoms with van der Waals surface area (Å²) in [5, 5.41) is 3.45. The van der Waals surface area contributed by atoms with Crippen LogP contribution in [0.3, 0.4) is 0 Å². The summed E-state index contributed by atoms with van der Waals surface area (Å²) in [5.41, 5.74) is 3.69. The molecule has 78 valence electrons. The Balaban J connectivity index is 2.05. The smallest absolute Gasteiger partial charge is 0.0931 e. The van der Waals surface area contributed by atoms with E-state index in [9.17, 15) is 0 Å². The van der Waals surface area contributed by atoms with E-state index in [-0.39, 0.29) is 0 Å². The second kappa shape index (κ2) is 3.66. The molecule has 3 rings (SSSR count). The maximum atomic E-state index is 4.41. The Morgan fingerprint density at radius 2 is 2.33 bits per heavy atom. The van der Waals surface area contributed by atoms with Crippen LogP contribution >= 0.6 is 0 Å². The third-order valence-electron chi connectivity index (χ3n) is 3.22. The van der Waals surface area contributed by atoms with Gasteiger partial charge in [-0.3, -0.25) is 0 Å². The zero-order valence-electron chi connectivity index (χ0n) is 8.66. The van der Waals surface area contributed by atoms with Crippen LogP contribution in [0.5, 0.6) is 0 Å². The molecule has 2 N–H and O–H groups in total. The molecule has 0 aliphatic carbocycles. The first-order valence-corrected chi connectivity index (χ1v) is 5.58. The van der Waals surface area contributed by atoms with Crippen LogP contribution in [0, 0.1) is 0 Å². The molecule has 1 unspecified atom stereocenters. The molecule has 15 heavy (non-hydrogen) atoms. The highest BCUT2D eigenvalue weighted by molar-refractivity contribution is 5.78. The second-order valence-electron chi connectivity index (χ2n) is 4.19. The first kappa shape index (κ1) is 8.92. The van der Waals surface area contributed by atoms with Crippen molar-refractivity contribution in [2.45, 2.75) is 18.8 Å². The number of rotatable bonds is 1. The Labute approximate surface area is 88.9 Å². The number of para-hydroxylation sites is 1. The van der Waals surface area contributed by atoms with Gasteiger partial charge in [-0.15, -0.1) is 0 Å². The summed E-state index contributed by atoms with van der Waals surface area (Å²) < 4.78 is 0. The summed E-state index contributed by atoms with van der Waals surface area (Å²) in [6.07, 6.45) is 4.33. The summed E-state index contributed by atoms with van der Waals surface area (Å²) in [6, 6.07) is 6.41. The highest BCUT2D eigenvalue weighted by atomic mass is 14.9. The monoisotopic (exact) mass is 201 g/mol. The fourth-order valence-electron chi connectivity index (χ4n) is 2.44. The van der Waals surface area contributed by atoms with Gasteiger partial charge in [0.15, 0.2) is 0 Å². The summed E-state index contributed by atoms with van der Waals surface area (Å²) in [5.74, 6) is 0.630. The molecule has 1 aliphatic heterocycles. The van der Waals surface area contributed by atoms with Gasteiger partial charge in [0.2, 0.25) is 0 Å². The minimum Gasteiger partial charge on any atom is -0.345 e. The topological polar surface area (TPSA) is 40.7 Å². The molecule has 1 aliphatic rings. The maximum absolute atomic E-state index is 4.41. The molecule has 0 bridgehead atoms. The Kier molecular flexibility index (Phi) is 2.18. The number of hydrogen-bond donors (Lipinski definition) is 2. The average Bonchev–Trinajstić information content (AvgIpc) is 2.78. The molecule has 1 fully saturated rings. The number of H-pyrrole nitrogens is 1. The first-order valence-electron chi connectivity index (χ1n) is 5.58. The van der Waals surface area contributed by atoms with E-state index in [1.54, 1.807) is 6.33 Å². The lowest BCUT2D eigenvalue weighted by Gasteiger charge is -2.23. The fourth-order valence-corrected chi connectivity index (χ4v) is 2.44. The van der Waals surface area contributed by atoms with Gasteiger partial charge in [-0.25, -0.2) is 4.98 Å². The summed E-state index contributed by atoms with van der Waals surface area (Å²) in [6.45, 7) is 2.25. The Morgan fingerprint density at radius 3 is 3.20 bits per heavy atom. The Morgan fingerprint density at radius 1 is 1.33 bits per heavy atom. The van der Waals surface area contributed by atoms with E-state index >= 15 is 0 Å². The minimum atomic E-state index is 0.630. The molecule has 3 nitrogen and oxygen atoms in total. The zero-order valence-corrected chi connectivity index (χ0v) is 8.66. The number of imidazole rings is 1. The van der Waals surface area contributed by atoms with Gasteiger partial charge in [0.05, 0.1) is 17.4 Å². The van der Waals surface area contributed by atoms with Crippen molar-refractivity contribution in [1.82, 2.24) is 15.3 Å². The van der Waals surface area contributed by atoms with Crippen molar-refractivity contribution in [3.63, 3.8) is 0 Å². The normalized spacial score (nSPS) is 22.0. The number of nitrogens with one attached hydrogen (secondary N) is 2. The third kappa shape index (κ3) is 1.53. The van der Waals surface area contributed by atoms with Crippen molar-refractivity contribution in [2.24, 2.45) is 0 Å². The molecule has 0 saturated carbocycles. The maximum Gasteiger partial charge on any atom is 0.0931 e. The second-order valence-corrected chi connectivity index (χ2v) is 4.19. The lowest BCUT2D eigenvalue weighted by atomic mass is 9.91. The molecule has 0 radical (unpaired) electrons. The Hall–Kier alpha value is -1.35. The van der Waals surface area contributed by atoms with Crippen molar-refractivity contribution in [3.05, 3.63) is 30.1 Å². The first-order chi connectivity index (χ1) is 7.45. The Bertz CT molecular complexity index is 455. The van der Waals surface area contributed by atoms with E-state index in [1.807, 2.05) is 0 Å². The van der Waals surface area contributed by atoms with Gasteiger partial charge in [-0.1, -0.05) is 12.1 Å². The predicted octanol–water partition coefficient (Wildman–Crippen LogP) is 2.03. The van der Waals surface area contributed by atoms with E-state index in [1.165, 1.54) is 18.4 Å². The molecule has 1 aromatic carbocycles. The van der Waals surface area contributed by atoms with Gasteiger partial charge in [0, 0.05) is 6.54 Å². The molecule has 3 heteroatoms.